The van der Waals surface area contributed by atoms with Gasteiger partial charge in [0.2, 0.25) is 5.89 Å². The molecule has 2 aliphatic rings. The minimum absolute atomic E-state index is 0.157. The van der Waals surface area contributed by atoms with Crippen molar-refractivity contribution in [3.8, 4) is 0 Å². The number of carbonyl (C=O) groups is 1. The molecule has 1 saturated heterocycles. The van der Waals surface area contributed by atoms with Gasteiger partial charge in [0.1, 0.15) is 5.78 Å². The first-order chi connectivity index (χ1) is 9.65. The van der Waals surface area contributed by atoms with E-state index in [0.29, 0.717) is 18.1 Å². The fourth-order valence-electron chi connectivity index (χ4n) is 3.06. The summed E-state index contributed by atoms with van der Waals surface area (Å²) in [4.78, 5) is 21.0. The first-order valence-corrected chi connectivity index (χ1v) is 7.40. The van der Waals surface area contributed by atoms with E-state index in [0.717, 1.165) is 38.9 Å². The first-order valence-electron chi connectivity index (χ1n) is 7.40. The van der Waals surface area contributed by atoms with Crippen molar-refractivity contribution < 1.29 is 9.32 Å². The lowest BCUT2D eigenvalue weighted by Gasteiger charge is -2.35. The summed E-state index contributed by atoms with van der Waals surface area (Å²) < 4.78 is 5.38. The third kappa shape index (κ3) is 2.62. The van der Waals surface area contributed by atoms with E-state index < -0.39 is 0 Å². The number of hydrogen-bond acceptors (Lipinski definition) is 6. The minimum atomic E-state index is -0.170. The molecule has 1 aliphatic carbocycles. The third-order valence-corrected chi connectivity index (χ3v) is 4.46. The van der Waals surface area contributed by atoms with Crippen LogP contribution in [0, 0.1) is 0 Å². The van der Waals surface area contributed by atoms with Crippen LogP contribution in [0.25, 0.3) is 0 Å². The summed E-state index contributed by atoms with van der Waals surface area (Å²) in [7, 11) is 4.19. The highest BCUT2D eigenvalue weighted by molar-refractivity contribution is 5.85. The van der Waals surface area contributed by atoms with Crippen LogP contribution in [0.2, 0.25) is 0 Å². The van der Waals surface area contributed by atoms with E-state index in [1.807, 2.05) is 0 Å². The van der Waals surface area contributed by atoms with Gasteiger partial charge in [-0.15, -0.1) is 0 Å². The molecule has 1 saturated carbocycles. The van der Waals surface area contributed by atoms with E-state index in [-0.39, 0.29) is 17.7 Å². The molecular formula is C14H22N4O2. The molecule has 6 nitrogen and oxygen atoms in total. The molecule has 2 unspecified atom stereocenters. The standard InChI is InChI=1S/C14H22N4O2/c1-17-7-8-18(2)11(9-17)13-15-14(20-16-13)10-5-3-4-6-12(10)19/h10-11H,3-9H2,1-2H3. The molecule has 0 N–H and O–H groups in total. The summed E-state index contributed by atoms with van der Waals surface area (Å²) in [5.41, 5.74) is 0. The van der Waals surface area contributed by atoms with Crippen LogP contribution < -0.4 is 0 Å². The number of aromatic nitrogens is 2. The highest BCUT2D eigenvalue weighted by Gasteiger charge is 2.32. The molecule has 3 rings (SSSR count). The lowest BCUT2D eigenvalue weighted by atomic mass is 9.88. The molecule has 2 atom stereocenters. The van der Waals surface area contributed by atoms with Gasteiger partial charge in [0, 0.05) is 26.1 Å². The van der Waals surface area contributed by atoms with Crippen LogP contribution in [0.3, 0.4) is 0 Å². The molecule has 0 aromatic carbocycles. The number of rotatable bonds is 2. The molecular weight excluding hydrogens is 256 g/mol. The fourth-order valence-corrected chi connectivity index (χ4v) is 3.06. The maximum atomic E-state index is 12.0. The average molecular weight is 278 g/mol. The van der Waals surface area contributed by atoms with Gasteiger partial charge in [0.25, 0.3) is 0 Å². The average Bonchev–Trinajstić information content (AvgIpc) is 2.91. The van der Waals surface area contributed by atoms with Gasteiger partial charge in [-0.25, -0.2) is 0 Å². The van der Waals surface area contributed by atoms with E-state index in [1.165, 1.54) is 0 Å². The molecule has 1 aliphatic heterocycles. The SMILES string of the molecule is CN1CCN(C)C(c2noc(C3CCCCC3=O)n2)C1. The van der Waals surface area contributed by atoms with Crippen LogP contribution >= 0.6 is 0 Å². The number of nitrogens with zero attached hydrogens (tertiary/aromatic N) is 4. The van der Waals surface area contributed by atoms with Gasteiger partial charge in [0.15, 0.2) is 5.82 Å². The van der Waals surface area contributed by atoms with Crippen molar-refractivity contribution in [2.75, 3.05) is 33.7 Å². The lowest BCUT2D eigenvalue weighted by molar-refractivity contribution is -0.122. The monoisotopic (exact) mass is 278 g/mol. The Morgan fingerprint density at radius 1 is 1.25 bits per heavy atom. The van der Waals surface area contributed by atoms with Crippen LogP contribution in [-0.4, -0.2) is 59.5 Å². The Labute approximate surface area is 119 Å². The van der Waals surface area contributed by atoms with Gasteiger partial charge < -0.3 is 9.42 Å². The molecule has 6 heteroatoms. The first kappa shape index (κ1) is 13.7. The highest BCUT2D eigenvalue weighted by Crippen LogP contribution is 2.30. The summed E-state index contributed by atoms with van der Waals surface area (Å²) in [5.74, 6) is 1.32. The zero-order valence-corrected chi connectivity index (χ0v) is 12.2. The maximum absolute atomic E-state index is 12.0. The Kier molecular flexibility index (Phi) is 3.85. The summed E-state index contributed by atoms with van der Waals surface area (Å²) in [5, 5.41) is 4.13. The smallest absolute Gasteiger partial charge is 0.237 e. The molecule has 1 aromatic heterocycles. The van der Waals surface area contributed by atoms with Crippen molar-refractivity contribution in [1.29, 1.82) is 0 Å². The molecule has 2 heterocycles. The zero-order chi connectivity index (χ0) is 14.1. The molecule has 1 aromatic rings. The molecule has 20 heavy (non-hydrogen) atoms. The number of piperazine rings is 1. The van der Waals surface area contributed by atoms with E-state index >= 15 is 0 Å². The Morgan fingerprint density at radius 3 is 2.90 bits per heavy atom. The molecule has 2 fully saturated rings. The zero-order valence-electron chi connectivity index (χ0n) is 12.2. The second-order valence-electron chi connectivity index (χ2n) is 6.01. The van der Waals surface area contributed by atoms with Crippen LogP contribution in [0.4, 0.5) is 0 Å². The molecule has 0 bridgehead atoms. The van der Waals surface area contributed by atoms with Gasteiger partial charge in [0.05, 0.1) is 12.0 Å². The van der Waals surface area contributed by atoms with Crippen molar-refractivity contribution in [1.82, 2.24) is 19.9 Å². The summed E-state index contributed by atoms with van der Waals surface area (Å²) in [6, 6.07) is 0.157. The van der Waals surface area contributed by atoms with Gasteiger partial charge in [-0.05, 0) is 26.9 Å². The van der Waals surface area contributed by atoms with Crippen molar-refractivity contribution >= 4 is 5.78 Å². The number of Topliss-reactive ketones (excluding diaryl/α,β-unsaturated/α-hetero) is 1. The molecule has 0 spiro atoms. The Balaban J connectivity index is 1.77. The quantitative estimate of drug-likeness (QED) is 0.810. The normalized spacial score (nSPS) is 29.8. The summed E-state index contributed by atoms with van der Waals surface area (Å²) in [6.45, 7) is 2.94. The minimum Gasteiger partial charge on any atom is -0.338 e. The van der Waals surface area contributed by atoms with Crippen molar-refractivity contribution in [2.45, 2.75) is 37.6 Å². The summed E-state index contributed by atoms with van der Waals surface area (Å²) >= 11 is 0. The summed E-state index contributed by atoms with van der Waals surface area (Å²) in [6.07, 6.45) is 3.56. The Bertz CT molecular complexity index is 487. The van der Waals surface area contributed by atoms with Gasteiger partial charge >= 0.3 is 0 Å². The second kappa shape index (κ2) is 5.61. The van der Waals surface area contributed by atoms with E-state index in [4.69, 9.17) is 4.52 Å². The largest absolute Gasteiger partial charge is 0.338 e. The molecule has 110 valence electrons. The van der Waals surface area contributed by atoms with E-state index in [2.05, 4.69) is 34.0 Å². The fraction of sp³-hybridized carbons (Fsp3) is 0.786. The predicted molar refractivity (Wildman–Crippen MR) is 73.4 cm³/mol. The topological polar surface area (TPSA) is 62.5 Å². The third-order valence-electron chi connectivity index (χ3n) is 4.46. The van der Waals surface area contributed by atoms with Crippen LogP contribution in [0.1, 0.15) is 49.4 Å². The van der Waals surface area contributed by atoms with Crippen molar-refractivity contribution in [2.24, 2.45) is 0 Å². The number of carbonyl (C=O) groups excluding carboxylic acids is 1. The second-order valence-corrected chi connectivity index (χ2v) is 6.01. The van der Waals surface area contributed by atoms with E-state index in [1.54, 1.807) is 0 Å². The molecule has 0 radical (unpaired) electrons. The van der Waals surface area contributed by atoms with Crippen molar-refractivity contribution in [3.05, 3.63) is 11.7 Å². The number of ketones is 1. The van der Waals surface area contributed by atoms with Crippen LogP contribution in [0.5, 0.6) is 0 Å². The van der Waals surface area contributed by atoms with Crippen molar-refractivity contribution in [3.63, 3.8) is 0 Å². The van der Waals surface area contributed by atoms with Crippen LogP contribution in [0.15, 0.2) is 4.52 Å². The van der Waals surface area contributed by atoms with E-state index in [9.17, 15) is 4.79 Å². The Morgan fingerprint density at radius 2 is 2.10 bits per heavy atom. The van der Waals surface area contributed by atoms with Crippen LogP contribution in [-0.2, 0) is 4.79 Å². The van der Waals surface area contributed by atoms with Gasteiger partial charge in [-0.2, -0.15) is 4.98 Å². The van der Waals surface area contributed by atoms with Gasteiger partial charge in [-0.1, -0.05) is 11.6 Å². The highest BCUT2D eigenvalue weighted by atomic mass is 16.5. The molecule has 0 amide bonds. The Hall–Kier alpha value is -1.27. The predicted octanol–water partition coefficient (Wildman–Crippen LogP) is 1.21. The maximum Gasteiger partial charge on any atom is 0.237 e. The van der Waals surface area contributed by atoms with Gasteiger partial charge in [-0.3, -0.25) is 9.69 Å². The lowest BCUT2D eigenvalue weighted by Crippen LogP contribution is -2.45. The number of likely N-dealkylation sites (N-methyl/N-ethyl adjacent to an activating group) is 2. The number of hydrogen-bond donors (Lipinski definition) is 0.